The third-order valence-corrected chi connectivity index (χ3v) is 22.2. The van der Waals surface area contributed by atoms with E-state index in [0.29, 0.717) is 0 Å². The zero-order chi connectivity index (χ0) is 71.4. The Morgan fingerprint density at radius 1 is 0.233 bits per heavy atom. The Hall–Kier alpha value is -10.9. The fourth-order valence-corrected chi connectivity index (χ4v) is 17.3. The van der Waals surface area contributed by atoms with Crippen LogP contribution < -0.4 is 26.2 Å². The van der Waals surface area contributed by atoms with Gasteiger partial charge in [0.15, 0.2) is 0 Å². The van der Waals surface area contributed by atoms with Crippen LogP contribution in [0, 0.1) is 0 Å². The van der Waals surface area contributed by atoms with Gasteiger partial charge in [0.25, 0.3) is 6.71 Å². The lowest BCUT2D eigenvalue weighted by Gasteiger charge is -2.46. The van der Waals surface area contributed by atoms with Gasteiger partial charge in [-0.2, -0.15) is 0 Å². The molecule has 15 aromatic rings. The van der Waals surface area contributed by atoms with E-state index in [0.717, 1.165) is 34.1 Å². The fourth-order valence-electron chi connectivity index (χ4n) is 17.3. The van der Waals surface area contributed by atoms with Crippen LogP contribution in [-0.2, 0) is 27.1 Å². The molecule has 17 rings (SSSR count). The molecule has 0 aliphatic carbocycles. The molecule has 506 valence electrons. The van der Waals surface area contributed by atoms with Crippen molar-refractivity contribution in [1.29, 1.82) is 0 Å². The van der Waals surface area contributed by atoms with E-state index in [1.807, 2.05) is 0 Å². The standard InChI is InChI=1S/C98H91BN4/c1-94(2,3)64-58-91-93-92(59-64)103(88-57-63(68-33-17-25-41-78(68)96(7,8)9)49-53-76(88)70-35-19-27-43-80(70)98(13,14)15)90-61-66(101-85-46-30-22-38-73(85)74-39-23-31-47-86(74)101)51-55-82(90)99(93)81-54-50-65(100-83-44-28-20-36-71(83)72-37-21-29-45-84(72)100)60-89(81)102(91)87-56-62(67-32-16-24-40-77(67)95(4,5)6)48-52-75(87)69-34-18-26-42-79(69)97(10,11)12/h16-61H,1-15H3. The van der Waals surface area contributed by atoms with Gasteiger partial charge in [-0.1, -0.05) is 310 Å². The molecule has 0 fully saturated rings. The van der Waals surface area contributed by atoms with E-state index >= 15 is 0 Å². The number of hydrogen-bond acceptors (Lipinski definition) is 2. The first-order chi connectivity index (χ1) is 49.3. The Balaban J connectivity index is 1.06. The van der Waals surface area contributed by atoms with Crippen molar-refractivity contribution in [2.45, 2.75) is 131 Å². The number of benzene rings is 13. The number of nitrogens with zero attached hydrogens (tertiary/aromatic N) is 4. The van der Waals surface area contributed by atoms with Crippen LogP contribution in [0.25, 0.3) is 99.5 Å². The van der Waals surface area contributed by atoms with E-state index in [1.165, 1.54) is 144 Å². The molecule has 0 N–H and O–H groups in total. The summed E-state index contributed by atoms with van der Waals surface area (Å²) in [6, 6.07) is 107. The van der Waals surface area contributed by atoms with Crippen molar-refractivity contribution < 1.29 is 0 Å². The maximum absolute atomic E-state index is 2.73. The second-order valence-corrected chi connectivity index (χ2v) is 34.2. The monoisotopic (exact) mass is 1330 g/mol. The molecule has 2 aromatic heterocycles. The number of anilines is 6. The van der Waals surface area contributed by atoms with Crippen LogP contribution in [0.2, 0.25) is 0 Å². The average Bonchev–Trinajstić information content (AvgIpc) is 1.01. The molecule has 0 atom stereocenters. The second kappa shape index (κ2) is 23.9. The Kier molecular flexibility index (Phi) is 15.2. The summed E-state index contributed by atoms with van der Waals surface area (Å²) >= 11 is 0. The molecule has 0 saturated heterocycles. The average molecular weight is 1340 g/mol. The Morgan fingerprint density at radius 3 is 0.864 bits per heavy atom. The zero-order valence-electron chi connectivity index (χ0n) is 62.4. The summed E-state index contributed by atoms with van der Waals surface area (Å²) in [6.45, 7) is 35.3. The minimum atomic E-state index is -0.321. The molecule has 0 spiro atoms. The van der Waals surface area contributed by atoms with Gasteiger partial charge in [-0.25, -0.2) is 0 Å². The predicted molar refractivity (Wildman–Crippen MR) is 444 cm³/mol. The molecule has 0 radical (unpaired) electrons. The number of hydrogen-bond donors (Lipinski definition) is 0. The third kappa shape index (κ3) is 10.8. The first-order valence-electron chi connectivity index (χ1n) is 37.0. The van der Waals surface area contributed by atoms with Crippen molar-refractivity contribution in [3.8, 4) is 55.9 Å². The number of para-hydroxylation sites is 4. The zero-order valence-corrected chi connectivity index (χ0v) is 62.4. The smallest absolute Gasteiger partial charge is 0.252 e. The molecule has 4 heterocycles. The molecule has 5 heteroatoms. The van der Waals surface area contributed by atoms with Crippen molar-refractivity contribution in [1.82, 2.24) is 9.13 Å². The highest BCUT2D eigenvalue weighted by Gasteiger charge is 2.46. The summed E-state index contributed by atoms with van der Waals surface area (Å²) < 4.78 is 5.02. The molecular formula is C98H91BN4. The molecule has 2 aliphatic rings. The summed E-state index contributed by atoms with van der Waals surface area (Å²) in [5, 5.41) is 4.94. The molecule has 0 amide bonds. The van der Waals surface area contributed by atoms with Gasteiger partial charge in [-0.05, 0) is 177 Å². The van der Waals surface area contributed by atoms with Crippen LogP contribution >= 0.6 is 0 Å². The van der Waals surface area contributed by atoms with Crippen molar-refractivity contribution in [2.24, 2.45) is 0 Å². The Morgan fingerprint density at radius 2 is 0.534 bits per heavy atom. The molecule has 0 bridgehead atoms. The van der Waals surface area contributed by atoms with E-state index in [2.05, 4.69) is 402 Å². The molecule has 2 aliphatic heterocycles. The maximum Gasteiger partial charge on any atom is 0.252 e. The highest BCUT2D eigenvalue weighted by atomic mass is 15.2. The van der Waals surface area contributed by atoms with E-state index in [9.17, 15) is 0 Å². The molecule has 0 saturated carbocycles. The first-order valence-corrected chi connectivity index (χ1v) is 37.0. The predicted octanol–water partition coefficient (Wildman–Crippen LogP) is 25.1. The van der Waals surface area contributed by atoms with Gasteiger partial charge in [-0.15, -0.1) is 0 Å². The molecular weight excluding hydrogens is 1240 g/mol. The van der Waals surface area contributed by atoms with Crippen LogP contribution in [0.3, 0.4) is 0 Å². The lowest BCUT2D eigenvalue weighted by Crippen LogP contribution is -2.61. The number of rotatable bonds is 8. The van der Waals surface area contributed by atoms with Gasteiger partial charge in [0.1, 0.15) is 0 Å². The van der Waals surface area contributed by atoms with Gasteiger partial charge >= 0.3 is 0 Å². The third-order valence-electron chi connectivity index (χ3n) is 22.2. The van der Waals surface area contributed by atoms with Crippen LogP contribution in [0.1, 0.15) is 132 Å². The Bertz CT molecular complexity index is 5480. The lowest BCUT2D eigenvalue weighted by molar-refractivity contribution is 0.590. The largest absolute Gasteiger partial charge is 0.311 e. The molecule has 4 nitrogen and oxygen atoms in total. The normalized spacial score (nSPS) is 13.3. The van der Waals surface area contributed by atoms with Gasteiger partial charge in [0.05, 0.1) is 33.4 Å². The van der Waals surface area contributed by atoms with Gasteiger partial charge < -0.3 is 18.9 Å². The number of fused-ring (bicyclic) bond motifs is 10. The van der Waals surface area contributed by atoms with E-state index < -0.39 is 0 Å². The number of aromatic nitrogens is 2. The summed E-state index contributed by atoms with van der Waals surface area (Å²) in [5.74, 6) is 0. The lowest BCUT2D eigenvalue weighted by atomic mass is 9.33. The second-order valence-electron chi connectivity index (χ2n) is 34.2. The van der Waals surface area contributed by atoms with Gasteiger partial charge in [0, 0.05) is 66.8 Å². The van der Waals surface area contributed by atoms with Crippen LogP contribution in [0.15, 0.2) is 279 Å². The summed E-state index contributed by atoms with van der Waals surface area (Å²) in [5.41, 5.74) is 32.8. The summed E-state index contributed by atoms with van der Waals surface area (Å²) in [6.07, 6.45) is 0. The molecule has 103 heavy (non-hydrogen) atoms. The van der Waals surface area contributed by atoms with Crippen molar-refractivity contribution >= 4 is 101 Å². The Labute approximate surface area is 609 Å². The van der Waals surface area contributed by atoms with Crippen molar-refractivity contribution in [3.05, 3.63) is 307 Å². The van der Waals surface area contributed by atoms with E-state index in [-0.39, 0.29) is 33.8 Å². The molecule has 13 aromatic carbocycles. The van der Waals surface area contributed by atoms with Crippen LogP contribution in [0.5, 0.6) is 0 Å². The van der Waals surface area contributed by atoms with Gasteiger partial charge in [0.2, 0.25) is 0 Å². The highest BCUT2D eigenvalue weighted by Crippen LogP contribution is 2.54. The van der Waals surface area contributed by atoms with Crippen LogP contribution in [0.4, 0.5) is 34.1 Å². The van der Waals surface area contributed by atoms with Crippen molar-refractivity contribution in [3.63, 3.8) is 0 Å². The van der Waals surface area contributed by atoms with Crippen molar-refractivity contribution in [2.75, 3.05) is 9.80 Å². The molecule has 0 unspecified atom stereocenters. The summed E-state index contributed by atoms with van der Waals surface area (Å²) in [4.78, 5) is 5.47. The minimum absolute atomic E-state index is 0.132. The quantitative estimate of drug-likeness (QED) is 0.141. The fraction of sp³-hybridized carbons (Fsp3) is 0.204. The first kappa shape index (κ1) is 65.4. The van der Waals surface area contributed by atoms with E-state index in [4.69, 9.17) is 0 Å². The highest BCUT2D eigenvalue weighted by molar-refractivity contribution is 7.00. The van der Waals surface area contributed by atoms with E-state index in [1.54, 1.807) is 0 Å². The topological polar surface area (TPSA) is 16.3 Å². The minimum Gasteiger partial charge on any atom is -0.311 e. The van der Waals surface area contributed by atoms with Gasteiger partial charge in [-0.3, -0.25) is 0 Å². The summed E-state index contributed by atoms with van der Waals surface area (Å²) in [7, 11) is 0. The maximum atomic E-state index is 2.73. The SMILES string of the molecule is CC(C)(C)c1cc2c3c(c1)N(c1cc(-c4ccccc4C(C)(C)C)ccc1-c1ccccc1C(C)(C)C)c1cc(-n4c5ccccc5c5ccccc54)ccc1B3c1ccc(-n3c4ccccc4c4ccccc43)cc1N2c1cc(-c2ccccc2C(C)(C)C)ccc1-c1ccccc1C(C)(C)C. The van der Waals surface area contributed by atoms with Crippen LogP contribution in [-0.4, -0.2) is 15.8 Å².